The third-order valence-corrected chi connectivity index (χ3v) is 2.51. The number of aliphatic carboxylic acids is 1. The quantitative estimate of drug-likeness (QED) is 0.854. The second kappa shape index (κ2) is 5.99. The van der Waals surface area contributed by atoms with Crippen molar-refractivity contribution in [3.8, 4) is 5.75 Å². The standard InChI is InChI=1S/C13H14N2O4/c1-2-9-3-5-10(6-4-9)18-8-11-14-12(19-15-11)7-13(16)17/h3-6H,2,7-8H2,1H3,(H,16,17). The number of rotatable bonds is 6. The number of ether oxygens (including phenoxy) is 1. The average Bonchev–Trinajstić information content (AvgIpc) is 2.84. The summed E-state index contributed by atoms with van der Waals surface area (Å²) in [6.45, 7) is 2.23. The van der Waals surface area contributed by atoms with E-state index in [4.69, 9.17) is 14.4 Å². The van der Waals surface area contributed by atoms with Gasteiger partial charge in [0.05, 0.1) is 0 Å². The monoisotopic (exact) mass is 262 g/mol. The van der Waals surface area contributed by atoms with Crippen molar-refractivity contribution < 1.29 is 19.2 Å². The highest BCUT2D eigenvalue weighted by Gasteiger charge is 2.10. The third-order valence-electron chi connectivity index (χ3n) is 2.51. The maximum Gasteiger partial charge on any atom is 0.312 e. The first-order valence-electron chi connectivity index (χ1n) is 5.92. The van der Waals surface area contributed by atoms with Gasteiger partial charge in [0, 0.05) is 0 Å². The van der Waals surface area contributed by atoms with Crippen LogP contribution in [0.15, 0.2) is 28.8 Å². The van der Waals surface area contributed by atoms with Gasteiger partial charge in [-0.25, -0.2) is 0 Å². The van der Waals surface area contributed by atoms with Crippen LogP contribution in [-0.2, 0) is 24.2 Å². The zero-order valence-electron chi connectivity index (χ0n) is 10.5. The van der Waals surface area contributed by atoms with Gasteiger partial charge in [-0.2, -0.15) is 4.98 Å². The topological polar surface area (TPSA) is 85.5 Å². The predicted octanol–water partition coefficient (Wildman–Crippen LogP) is 1.84. The lowest BCUT2D eigenvalue weighted by atomic mass is 10.2. The van der Waals surface area contributed by atoms with Crippen LogP contribution in [0, 0.1) is 0 Å². The van der Waals surface area contributed by atoms with Crippen LogP contribution in [0.1, 0.15) is 24.2 Å². The highest BCUT2D eigenvalue weighted by molar-refractivity contribution is 5.68. The Morgan fingerprint density at radius 3 is 2.74 bits per heavy atom. The second-order valence-electron chi connectivity index (χ2n) is 3.96. The van der Waals surface area contributed by atoms with Crippen molar-refractivity contribution in [3.63, 3.8) is 0 Å². The Hall–Kier alpha value is -2.37. The number of hydrogen-bond donors (Lipinski definition) is 1. The third kappa shape index (κ3) is 3.80. The molecule has 1 aromatic carbocycles. The summed E-state index contributed by atoms with van der Waals surface area (Å²) in [5, 5.41) is 12.2. The molecule has 100 valence electrons. The summed E-state index contributed by atoms with van der Waals surface area (Å²) in [6, 6.07) is 7.72. The first kappa shape index (κ1) is 13.1. The fourth-order valence-corrected chi connectivity index (χ4v) is 1.52. The van der Waals surface area contributed by atoms with Gasteiger partial charge in [0.15, 0.2) is 6.61 Å². The molecule has 0 unspecified atom stereocenters. The zero-order valence-corrected chi connectivity index (χ0v) is 10.5. The molecule has 1 aromatic heterocycles. The van der Waals surface area contributed by atoms with Gasteiger partial charge in [-0.1, -0.05) is 24.2 Å². The predicted molar refractivity (Wildman–Crippen MR) is 65.8 cm³/mol. The number of carboxylic acid groups (broad SMARTS) is 1. The highest BCUT2D eigenvalue weighted by Crippen LogP contribution is 2.13. The van der Waals surface area contributed by atoms with E-state index in [1.165, 1.54) is 5.56 Å². The minimum absolute atomic E-state index is 0.0763. The molecule has 0 amide bonds. The van der Waals surface area contributed by atoms with Gasteiger partial charge in [0.1, 0.15) is 12.2 Å². The Morgan fingerprint density at radius 1 is 1.37 bits per heavy atom. The van der Waals surface area contributed by atoms with Crippen molar-refractivity contribution in [2.45, 2.75) is 26.4 Å². The summed E-state index contributed by atoms with van der Waals surface area (Å²) >= 11 is 0. The zero-order chi connectivity index (χ0) is 13.7. The van der Waals surface area contributed by atoms with Crippen LogP contribution in [0.4, 0.5) is 0 Å². The minimum Gasteiger partial charge on any atom is -0.485 e. The van der Waals surface area contributed by atoms with Gasteiger partial charge in [-0.3, -0.25) is 4.79 Å². The molecule has 0 radical (unpaired) electrons. The van der Waals surface area contributed by atoms with Gasteiger partial charge < -0.3 is 14.4 Å². The molecule has 1 N–H and O–H groups in total. The van der Waals surface area contributed by atoms with E-state index in [0.717, 1.165) is 6.42 Å². The number of benzene rings is 1. The van der Waals surface area contributed by atoms with Crippen molar-refractivity contribution in [2.24, 2.45) is 0 Å². The van der Waals surface area contributed by atoms with Crippen LogP contribution in [0.2, 0.25) is 0 Å². The molecule has 6 nitrogen and oxygen atoms in total. The molecule has 0 fully saturated rings. The maximum atomic E-state index is 10.5. The van der Waals surface area contributed by atoms with Crippen molar-refractivity contribution in [1.29, 1.82) is 0 Å². The lowest BCUT2D eigenvalue weighted by Gasteiger charge is -2.03. The molecular formula is C13H14N2O4. The van der Waals surface area contributed by atoms with E-state index < -0.39 is 5.97 Å². The Labute approximate surface area is 110 Å². The van der Waals surface area contributed by atoms with Crippen molar-refractivity contribution in [3.05, 3.63) is 41.5 Å². The van der Waals surface area contributed by atoms with Gasteiger partial charge >= 0.3 is 5.97 Å². The van der Waals surface area contributed by atoms with Gasteiger partial charge in [-0.05, 0) is 24.1 Å². The normalized spacial score (nSPS) is 10.4. The van der Waals surface area contributed by atoms with E-state index in [1.54, 1.807) is 0 Å². The smallest absolute Gasteiger partial charge is 0.312 e. The first-order valence-corrected chi connectivity index (χ1v) is 5.92. The fraction of sp³-hybridized carbons (Fsp3) is 0.308. The van der Waals surface area contributed by atoms with Crippen molar-refractivity contribution in [1.82, 2.24) is 10.1 Å². The van der Waals surface area contributed by atoms with Crippen molar-refractivity contribution >= 4 is 5.97 Å². The lowest BCUT2D eigenvalue weighted by molar-refractivity contribution is -0.136. The molecule has 6 heteroatoms. The summed E-state index contributed by atoms with van der Waals surface area (Å²) in [5.41, 5.74) is 1.23. The Bertz CT molecular complexity index is 548. The highest BCUT2D eigenvalue weighted by atomic mass is 16.5. The molecule has 0 bridgehead atoms. The molecule has 0 saturated carbocycles. The molecule has 0 saturated heterocycles. The number of aryl methyl sites for hydroxylation is 1. The van der Waals surface area contributed by atoms with Crippen LogP contribution in [0.25, 0.3) is 0 Å². The Balaban J connectivity index is 1.90. The first-order chi connectivity index (χ1) is 9.17. The van der Waals surface area contributed by atoms with Crippen LogP contribution in [0.5, 0.6) is 5.75 Å². The van der Waals surface area contributed by atoms with Gasteiger partial charge in [0.25, 0.3) is 0 Å². The molecule has 2 rings (SSSR count). The number of aromatic nitrogens is 2. The summed E-state index contributed by atoms with van der Waals surface area (Å²) in [4.78, 5) is 14.4. The summed E-state index contributed by atoms with van der Waals surface area (Å²) in [5.74, 6) is 0.108. The molecule has 0 spiro atoms. The second-order valence-corrected chi connectivity index (χ2v) is 3.96. The van der Waals surface area contributed by atoms with Crippen molar-refractivity contribution in [2.75, 3.05) is 0 Å². The minimum atomic E-state index is -1.01. The van der Waals surface area contributed by atoms with E-state index in [1.807, 2.05) is 24.3 Å². The van der Waals surface area contributed by atoms with E-state index in [2.05, 4.69) is 17.1 Å². The number of hydrogen-bond acceptors (Lipinski definition) is 5. The largest absolute Gasteiger partial charge is 0.485 e. The SMILES string of the molecule is CCc1ccc(OCc2noc(CC(=O)O)n2)cc1. The molecule has 0 aliphatic heterocycles. The van der Waals surface area contributed by atoms with Gasteiger partial charge in [-0.15, -0.1) is 0 Å². The summed E-state index contributed by atoms with van der Waals surface area (Å²) < 4.78 is 10.3. The molecule has 19 heavy (non-hydrogen) atoms. The fourth-order valence-electron chi connectivity index (χ4n) is 1.52. The molecule has 0 atom stereocenters. The molecular weight excluding hydrogens is 248 g/mol. The van der Waals surface area contributed by atoms with Gasteiger partial charge in [0.2, 0.25) is 11.7 Å². The molecule has 0 aliphatic rings. The van der Waals surface area contributed by atoms with E-state index >= 15 is 0 Å². The Kier molecular flexibility index (Phi) is 4.12. The average molecular weight is 262 g/mol. The lowest BCUT2D eigenvalue weighted by Crippen LogP contribution is -2.01. The summed E-state index contributed by atoms with van der Waals surface area (Å²) in [7, 11) is 0. The van der Waals surface area contributed by atoms with Crippen LogP contribution >= 0.6 is 0 Å². The van der Waals surface area contributed by atoms with E-state index in [0.29, 0.717) is 11.6 Å². The molecule has 0 aliphatic carbocycles. The number of carboxylic acids is 1. The summed E-state index contributed by atoms with van der Waals surface area (Å²) in [6.07, 6.45) is 0.696. The molecule has 1 heterocycles. The van der Waals surface area contributed by atoms with E-state index in [9.17, 15) is 4.79 Å². The van der Waals surface area contributed by atoms with Crippen LogP contribution in [0.3, 0.4) is 0 Å². The van der Waals surface area contributed by atoms with Crippen LogP contribution in [-0.4, -0.2) is 21.2 Å². The Morgan fingerprint density at radius 2 is 2.11 bits per heavy atom. The number of nitrogens with zero attached hydrogens (tertiary/aromatic N) is 2. The van der Waals surface area contributed by atoms with Crippen LogP contribution < -0.4 is 4.74 Å². The number of carbonyl (C=O) groups is 1. The molecule has 2 aromatic rings. The van der Waals surface area contributed by atoms with E-state index in [-0.39, 0.29) is 18.9 Å². The maximum absolute atomic E-state index is 10.5.